The Balaban J connectivity index is 1.89. The summed E-state index contributed by atoms with van der Waals surface area (Å²) in [5.74, 6) is 1.36. The van der Waals surface area contributed by atoms with E-state index in [-0.39, 0.29) is 5.91 Å². The monoisotopic (exact) mass is 266 g/mol. The summed E-state index contributed by atoms with van der Waals surface area (Å²) in [5, 5.41) is 7.11. The number of hydrogen-bond acceptors (Lipinski definition) is 6. The molecule has 2 rings (SSSR count). The van der Waals surface area contributed by atoms with Crippen molar-refractivity contribution in [2.75, 3.05) is 5.32 Å². The van der Waals surface area contributed by atoms with E-state index in [2.05, 4.69) is 19.8 Å². The zero-order chi connectivity index (χ0) is 13.1. The van der Waals surface area contributed by atoms with Crippen LogP contribution in [-0.2, 0) is 11.2 Å². The Labute approximate surface area is 109 Å². The highest BCUT2D eigenvalue weighted by molar-refractivity contribution is 7.09. The van der Waals surface area contributed by atoms with Gasteiger partial charge in [0.1, 0.15) is 11.6 Å². The molecule has 0 aliphatic rings. The van der Waals surface area contributed by atoms with E-state index in [1.54, 1.807) is 6.92 Å². The third-order valence-electron chi connectivity index (χ3n) is 2.56. The number of carbonyl (C=O) groups excluding carboxylic acids is 1. The third-order valence-corrected chi connectivity index (χ3v) is 3.28. The number of anilines is 1. The summed E-state index contributed by atoms with van der Waals surface area (Å²) in [5.41, 5.74) is 1.84. The Morgan fingerprint density at radius 1 is 1.39 bits per heavy atom. The van der Waals surface area contributed by atoms with Crippen LogP contribution in [0.1, 0.15) is 29.3 Å². The van der Waals surface area contributed by atoms with Crippen molar-refractivity contribution in [3.8, 4) is 0 Å². The maximum absolute atomic E-state index is 11.7. The molecule has 2 aromatic rings. The highest BCUT2D eigenvalue weighted by Crippen LogP contribution is 2.15. The molecule has 0 radical (unpaired) electrons. The average molecular weight is 266 g/mol. The molecule has 1 amide bonds. The minimum atomic E-state index is -0.0776. The van der Waals surface area contributed by atoms with Crippen LogP contribution in [0.5, 0.6) is 0 Å². The first kappa shape index (κ1) is 12.7. The molecule has 0 aliphatic carbocycles. The fourth-order valence-electron chi connectivity index (χ4n) is 1.63. The molecule has 0 saturated carbocycles. The maximum atomic E-state index is 11.7. The number of amides is 1. The summed E-state index contributed by atoms with van der Waals surface area (Å²) in [6, 6.07) is 0. The van der Waals surface area contributed by atoms with Crippen molar-refractivity contribution in [3.63, 3.8) is 0 Å². The number of carbonyl (C=O) groups is 1. The molecule has 2 heterocycles. The lowest BCUT2D eigenvalue weighted by molar-refractivity contribution is -0.116. The van der Waals surface area contributed by atoms with Gasteiger partial charge in [0, 0.05) is 23.5 Å². The molecule has 0 bridgehead atoms. The summed E-state index contributed by atoms with van der Waals surface area (Å²) in [6.07, 6.45) is 0.992. The van der Waals surface area contributed by atoms with Gasteiger partial charge in [0.2, 0.25) is 11.0 Å². The van der Waals surface area contributed by atoms with E-state index in [0.29, 0.717) is 23.8 Å². The quantitative estimate of drug-likeness (QED) is 0.915. The maximum Gasteiger partial charge on any atom is 0.226 e. The van der Waals surface area contributed by atoms with Gasteiger partial charge in [0.25, 0.3) is 0 Å². The molecule has 96 valence electrons. The first-order chi connectivity index (χ1) is 8.56. The lowest BCUT2D eigenvalue weighted by Crippen LogP contribution is -2.12. The molecule has 0 fully saturated rings. The second kappa shape index (κ2) is 5.26. The molecule has 6 nitrogen and oxygen atoms in total. The number of rotatable bonds is 4. The van der Waals surface area contributed by atoms with Crippen LogP contribution < -0.4 is 5.32 Å². The summed E-state index contributed by atoms with van der Waals surface area (Å²) in [7, 11) is 0. The minimum Gasteiger partial charge on any atom is -0.361 e. The Kier molecular flexibility index (Phi) is 3.71. The highest BCUT2D eigenvalue weighted by atomic mass is 32.1. The van der Waals surface area contributed by atoms with E-state index in [1.165, 1.54) is 11.5 Å². The van der Waals surface area contributed by atoms with Crippen LogP contribution in [0.15, 0.2) is 4.52 Å². The zero-order valence-corrected chi connectivity index (χ0v) is 11.3. The van der Waals surface area contributed by atoms with Gasteiger partial charge in [0.05, 0.1) is 5.69 Å². The fraction of sp³-hybridized carbons (Fsp3) is 0.455. The van der Waals surface area contributed by atoms with Crippen molar-refractivity contribution in [1.82, 2.24) is 14.5 Å². The summed E-state index contributed by atoms with van der Waals surface area (Å²) >= 11 is 1.18. The molecule has 0 spiro atoms. The normalized spacial score (nSPS) is 10.6. The van der Waals surface area contributed by atoms with Gasteiger partial charge in [-0.1, -0.05) is 5.16 Å². The second-order valence-corrected chi connectivity index (χ2v) is 4.75. The Morgan fingerprint density at radius 2 is 2.17 bits per heavy atom. The predicted molar refractivity (Wildman–Crippen MR) is 67.6 cm³/mol. The average Bonchev–Trinajstić information content (AvgIpc) is 2.84. The van der Waals surface area contributed by atoms with Gasteiger partial charge in [0.15, 0.2) is 0 Å². The highest BCUT2D eigenvalue weighted by Gasteiger charge is 2.12. The molecule has 2 aromatic heterocycles. The van der Waals surface area contributed by atoms with Crippen LogP contribution in [0.3, 0.4) is 0 Å². The topological polar surface area (TPSA) is 80.9 Å². The van der Waals surface area contributed by atoms with Gasteiger partial charge in [-0.15, -0.1) is 0 Å². The van der Waals surface area contributed by atoms with E-state index in [1.807, 2.05) is 13.8 Å². The molecule has 0 aliphatic heterocycles. The van der Waals surface area contributed by atoms with Gasteiger partial charge >= 0.3 is 0 Å². The third kappa shape index (κ3) is 2.92. The van der Waals surface area contributed by atoms with Crippen LogP contribution in [0.2, 0.25) is 0 Å². The number of aromatic nitrogens is 3. The molecule has 1 N–H and O–H groups in total. The largest absolute Gasteiger partial charge is 0.361 e. The number of nitrogens with one attached hydrogen (secondary N) is 1. The first-order valence-corrected chi connectivity index (χ1v) is 6.35. The summed E-state index contributed by atoms with van der Waals surface area (Å²) < 4.78 is 9.05. The molecule has 0 aromatic carbocycles. The van der Waals surface area contributed by atoms with E-state index < -0.39 is 0 Å². The van der Waals surface area contributed by atoms with E-state index in [4.69, 9.17) is 4.52 Å². The van der Waals surface area contributed by atoms with Crippen LogP contribution in [0.4, 0.5) is 5.13 Å². The zero-order valence-electron chi connectivity index (χ0n) is 10.5. The van der Waals surface area contributed by atoms with Crippen molar-refractivity contribution < 1.29 is 9.32 Å². The summed E-state index contributed by atoms with van der Waals surface area (Å²) in [4.78, 5) is 15.8. The minimum absolute atomic E-state index is 0.0776. The molecular weight excluding hydrogens is 252 g/mol. The Bertz CT molecular complexity index is 542. The van der Waals surface area contributed by atoms with Crippen molar-refractivity contribution in [2.24, 2.45) is 0 Å². The number of aryl methyl sites for hydroxylation is 3. The van der Waals surface area contributed by atoms with E-state index in [0.717, 1.165) is 17.0 Å². The van der Waals surface area contributed by atoms with E-state index >= 15 is 0 Å². The number of hydrogen-bond donors (Lipinski definition) is 1. The molecule has 0 unspecified atom stereocenters. The van der Waals surface area contributed by atoms with Crippen LogP contribution in [-0.4, -0.2) is 20.4 Å². The molecule has 0 atom stereocenters. The van der Waals surface area contributed by atoms with Crippen LogP contribution in [0.25, 0.3) is 0 Å². The lowest BCUT2D eigenvalue weighted by atomic mass is 10.1. The van der Waals surface area contributed by atoms with Crippen LogP contribution in [0, 0.1) is 20.8 Å². The van der Waals surface area contributed by atoms with E-state index in [9.17, 15) is 4.79 Å². The number of nitrogens with zero attached hydrogens (tertiary/aromatic N) is 3. The standard InChI is InChI=1S/C11H14N4O2S/c1-6-9(7(2)17-14-6)4-5-10(16)13-11-12-8(3)15-18-11/h4-5H2,1-3H3,(H,12,13,15,16). The predicted octanol–water partition coefficient (Wildman–Crippen LogP) is 2.02. The Morgan fingerprint density at radius 3 is 2.72 bits per heavy atom. The smallest absolute Gasteiger partial charge is 0.226 e. The van der Waals surface area contributed by atoms with Gasteiger partial charge in [-0.25, -0.2) is 4.98 Å². The SMILES string of the molecule is Cc1nsc(NC(=O)CCc2c(C)noc2C)n1. The van der Waals surface area contributed by atoms with Gasteiger partial charge in [-0.3, -0.25) is 4.79 Å². The second-order valence-electron chi connectivity index (χ2n) is 4.00. The Hall–Kier alpha value is -1.76. The molecule has 0 saturated heterocycles. The van der Waals surface area contributed by atoms with Crippen molar-refractivity contribution >= 4 is 22.6 Å². The van der Waals surface area contributed by atoms with Crippen molar-refractivity contribution in [3.05, 3.63) is 22.8 Å². The van der Waals surface area contributed by atoms with Gasteiger partial charge < -0.3 is 9.84 Å². The van der Waals surface area contributed by atoms with Gasteiger partial charge in [-0.05, 0) is 27.2 Å². The van der Waals surface area contributed by atoms with Crippen LogP contribution >= 0.6 is 11.5 Å². The fourth-order valence-corrected chi connectivity index (χ4v) is 2.22. The molecular formula is C11H14N4O2S. The van der Waals surface area contributed by atoms with Crippen molar-refractivity contribution in [2.45, 2.75) is 33.6 Å². The van der Waals surface area contributed by atoms with Gasteiger partial charge in [-0.2, -0.15) is 4.37 Å². The lowest BCUT2D eigenvalue weighted by Gasteiger charge is -2.01. The summed E-state index contributed by atoms with van der Waals surface area (Å²) in [6.45, 7) is 5.51. The molecule has 7 heteroatoms. The molecule has 18 heavy (non-hydrogen) atoms. The van der Waals surface area contributed by atoms with Crippen molar-refractivity contribution in [1.29, 1.82) is 0 Å². The first-order valence-electron chi connectivity index (χ1n) is 5.58.